The third-order valence-corrected chi connectivity index (χ3v) is 4.91. The number of carbonyl (C=O) groups is 1. The van der Waals surface area contributed by atoms with Gasteiger partial charge in [-0.05, 0) is 49.7 Å². The molecule has 0 aliphatic carbocycles. The first-order chi connectivity index (χ1) is 12.0. The summed E-state index contributed by atoms with van der Waals surface area (Å²) in [4.78, 5) is 15.7. The van der Waals surface area contributed by atoms with Crippen molar-refractivity contribution < 1.29 is 13.6 Å². The van der Waals surface area contributed by atoms with Crippen LogP contribution in [0.15, 0.2) is 42.5 Å². The molecule has 3 nitrogen and oxygen atoms in total. The van der Waals surface area contributed by atoms with E-state index in [4.69, 9.17) is 0 Å². The first-order valence-corrected chi connectivity index (χ1v) is 8.50. The van der Waals surface area contributed by atoms with Crippen LogP contribution in [0.2, 0.25) is 0 Å². The molecule has 5 heteroatoms. The Balaban J connectivity index is 1.65. The van der Waals surface area contributed by atoms with E-state index in [2.05, 4.69) is 11.8 Å². The molecule has 0 spiro atoms. The monoisotopic (exact) mass is 344 g/mol. The number of hydrogen-bond acceptors (Lipinski definition) is 3. The zero-order valence-electron chi connectivity index (χ0n) is 14.5. The fourth-order valence-corrected chi connectivity index (χ4v) is 3.28. The van der Waals surface area contributed by atoms with Crippen molar-refractivity contribution in [1.82, 2.24) is 4.90 Å². The highest BCUT2D eigenvalue weighted by Crippen LogP contribution is 2.26. The molecule has 1 aliphatic heterocycles. The summed E-state index contributed by atoms with van der Waals surface area (Å²) >= 11 is 0. The van der Waals surface area contributed by atoms with Gasteiger partial charge in [-0.25, -0.2) is 8.78 Å². The van der Waals surface area contributed by atoms with E-state index < -0.39 is 0 Å². The summed E-state index contributed by atoms with van der Waals surface area (Å²) in [5.41, 5.74) is 2.01. The van der Waals surface area contributed by atoms with Crippen LogP contribution in [0.4, 0.5) is 14.5 Å². The van der Waals surface area contributed by atoms with Gasteiger partial charge in [0, 0.05) is 37.8 Å². The summed E-state index contributed by atoms with van der Waals surface area (Å²) in [6.45, 7) is 6.55. The molecule has 0 amide bonds. The lowest BCUT2D eigenvalue weighted by molar-refractivity contribution is 0.101. The Kier molecular flexibility index (Phi) is 5.13. The molecule has 0 radical (unpaired) electrons. The molecular formula is C20H22F2N2O. The first kappa shape index (κ1) is 17.5. The van der Waals surface area contributed by atoms with Crippen LogP contribution in [0.5, 0.6) is 0 Å². The average Bonchev–Trinajstić information content (AvgIpc) is 2.62. The van der Waals surface area contributed by atoms with Crippen molar-refractivity contribution in [2.75, 3.05) is 31.1 Å². The quantitative estimate of drug-likeness (QED) is 0.782. The van der Waals surface area contributed by atoms with Crippen molar-refractivity contribution >= 4 is 11.5 Å². The van der Waals surface area contributed by atoms with Gasteiger partial charge in [-0.2, -0.15) is 0 Å². The molecule has 0 N–H and O–H groups in total. The third-order valence-electron chi connectivity index (χ3n) is 4.91. The number of ketones is 1. The number of nitrogens with zero attached hydrogens (tertiary/aromatic N) is 2. The van der Waals surface area contributed by atoms with Crippen LogP contribution in [0, 0.1) is 11.6 Å². The minimum atomic E-state index is -0.354. The highest BCUT2D eigenvalue weighted by atomic mass is 19.1. The molecular weight excluding hydrogens is 322 g/mol. The molecule has 132 valence electrons. The summed E-state index contributed by atoms with van der Waals surface area (Å²) in [5.74, 6) is -0.721. The number of benzene rings is 2. The van der Waals surface area contributed by atoms with Gasteiger partial charge in [0.15, 0.2) is 5.78 Å². The van der Waals surface area contributed by atoms with E-state index in [-0.39, 0.29) is 23.5 Å². The molecule has 1 atom stereocenters. The van der Waals surface area contributed by atoms with Gasteiger partial charge in [0.2, 0.25) is 0 Å². The minimum absolute atomic E-state index is 0.136. The molecule has 2 aromatic rings. The predicted molar refractivity (Wildman–Crippen MR) is 95.0 cm³/mol. The molecule has 0 bridgehead atoms. The van der Waals surface area contributed by atoms with E-state index >= 15 is 0 Å². The van der Waals surface area contributed by atoms with Crippen LogP contribution in [0.1, 0.15) is 35.8 Å². The van der Waals surface area contributed by atoms with Crippen molar-refractivity contribution in [3.8, 4) is 0 Å². The number of piperazine rings is 1. The predicted octanol–water partition coefficient (Wildman–Crippen LogP) is 4.05. The number of hydrogen-bond donors (Lipinski definition) is 0. The second kappa shape index (κ2) is 7.31. The van der Waals surface area contributed by atoms with Crippen LogP contribution >= 0.6 is 0 Å². The molecule has 3 rings (SSSR count). The lowest BCUT2D eigenvalue weighted by Gasteiger charge is -2.39. The smallest absolute Gasteiger partial charge is 0.159 e. The van der Waals surface area contributed by atoms with Gasteiger partial charge >= 0.3 is 0 Å². The van der Waals surface area contributed by atoms with E-state index in [1.54, 1.807) is 12.1 Å². The van der Waals surface area contributed by atoms with Crippen LogP contribution in [-0.2, 0) is 0 Å². The van der Waals surface area contributed by atoms with Gasteiger partial charge < -0.3 is 4.90 Å². The Hall–Kier alpha value is -2.27. The van der Waals surface area contributed by atoms with Crippen molar-refractivity contribution in [2.45, 2.75) is 19.9 Å². The largest absolute Gasteiger partial charge is 0.367 e. The Morgan fingerprint density at radius 1 is 1.00 bits per heavy atom. The van der Waals surface area contributed by atoms with Crippen LogP contribution in [0.25, 0.3) is 0 Å². The van der Waals surface area contributed by atoms with Gasteiger partial charge in [0.25, 0.3) is 0 Å². The summed E-state index contributed by atoms with van der Waals surface area (Å²) in [7, 11) is 0. The molecule has 2 aromatic carbocycles. The lowest BCUT2D eigenvalue weighted by atomic mass is 10.1. The van der Waals surface area contributed by atoms with E-state index in [1.165, 1.54) is 25.1 Å². The molecule has 25 heavy (non-hydrogen) atoms. The molecule has 1 fully saturated rings. The number of halogens is 2. The summed E-state index contributed by atoms with van der Waals surface area (Å²) in [6.07, 6.45) is 0. The van der Waals surface area contributed by atoms with Crippen LogP contribution < -0.4 is 4.90 Å². The van der Waals surface area contributed by atoms with E-state index in [1.807, 2.05) is 17.0 Å². The number of rotatable bonds is 4. The summed E-state index contributed by atoms with van der Waals surface area (Å²) in [6, 6.07) is 11.4. The van der Waals surface area contributed by atoms with Gasteiger partial charge in [-0.3, -0.25) is 9.69 Å². The molecule has 1 unspecified atom stereocenters. The standard InChI is InChI=1S/C20H22F2N2O/c1-14(16-3-6-18(21)7-4-16)23-9-11-24(12-10-23)20-8-5-17(15(2)25)13-19(20)22/h3-8,13-14H,9-12H2,1-2H3. The Morgan fingerprint density at radius 3 is 2.20 bits per heavy atom. The van der Waals surface area contributed by atoms with Crippen molar-refractivity contribution in [3.05, 3.63) is 65.2 Å². The van der Waals surface area contributed by atoms with Crippen molar-refractivity contribution in [2.24, 2.45) is 0 Å². The SMILES string of the molecule is CC(=O)c1ccc(N2CCN(C(C)c3ccc(F)cc3)CC2)c(F)c1. The normalized spacial score (nSPS) is 16.7. The van der Waals surface area contributed by atoms with E-state index in [0.717, 1.165) is 18.7 Å². The third kappa shape index (κ3) is 3.87. The second-order valence-electron chi connectivity index (χ2n) is 6.47. The topological polar surface area (TPSA) is 23.6 Å². The van der Waals surface area contributed by atoms with Gasteiger partial charge in [-0.15, -0.1) is 0 Å². The number of anilines is 1. The van der Waals surface area contributed by atoms with Gasteiger partial charge in [-0.1, -0.05) is 12.1 Å². The Bertz CT molecular complexity index is 753. The second-order valence-corrected chi connectivity index (χ2v) is 6.47. The van der Waals surface area contributed by atoms with Crippen LogP contribution in [0.3, 0.4) is 0 Å². The number of carbonyl (C=O) groups excluding carboxylic acids is 1. The van der Waals surface area contributed by atoms with Crippen LogP contribution in [-0.4, -0.2) is 36.9 Å². The lowest BCUT2D eigenvalue weighted by Crippen LogP contribution is -2.47. The van der Waals surface area contributed by atoms with Crippen molar-refractivity contribution in [3.63, 3.8) is 0 Å². The maximum absolute atomic E-state index is 14.3. The van der Waals surface area contributed by atoms with Crippen molar-refractivity contribution in [1.29, 1.82) is 0 Å². The summed E-state index contributed by atoms with van der Waals surface area (Å²) in [5, 5.41) is 0. The Labute approximate surface area is 146 Å². The zero-order valence-corrected chi connectivity index (χ0v) is 14.5. The van der Waals surface area contributed by atoms with E-state index in [9.17, 15) is 13.6 Å². The average molecular weight is 344 g/mol. The first-order valence-electron chi connectivity index (χ1n) is 8.50. The summed E-state index contributed by atoms with van der Waals surface area (Å²) < 4.78 is 27.4. The Morgan fingerprint density at radius 2 is 1.64 bits per heavy atom. The van der Waals surface area contributed by atoms with Gasteiger partial charge in [0.1, 0.15) is 11.6 Å². The fourth-order valence-electron chi connectivity index (χ4n) is 3.28. The van der Waals surface area contributed by atoms with E-state index in [0.29, 0.717) is 24.3 Å². The molecule has 1 saturated heterocycles. The number of Topliss-reactive ketones (excluding diaryl/α,β-unsaturated/α-hetero) is 1. The van der Waals surface area contributed by atoms with Gasteiger partial charge in [0.05, 0.1) is 5.69 Å². The molecule has 1 heterocycles. The maximum atomic E-state index is 14.3. The highest BCUT2D eigenvalue weighted by Gasteiger charge is 2.23. The maximum Gasteiger partial charge on any atom is 0.159 e. The fraction of sp³-hybridized carbons (Fsp3) is 0.350. The zero-order chi connectivity index (χ0) is 18.0. The highest BCUT2D eigenvalue weighted by molar-refractivity contribution is 5.94. The molecule has 1 aliphatic rings. The molecule has 0 aromatic heterocycles. The minimum Gasteiger partial charge on any atom is -0.367 e. The molecule has 0 saturated carbocycles.